The standard InChI is InChI=1S/C16H15O.C3H6.2ClH.Zr/c17-10-9-13-11-16(12-5-1-2-6-12)15-8-4-3-7-14(13)15;1-3-2;;;/h1-4,7-8,11,16-17H,5,9-10H2;1-2H3;2*1H;/q;;;;+2/p-2. The van der Waals surface area contributed by atoms with Gasteiger partial charge in [-0.1, -0.05) is 0 Å². The summed E-state index contributed by atoms with van der Waals surface area (Å²) in [5, 5.41) is 9.31. The van der Waals surface area contributed by atoms with Gasteiger partial charge in [0.2, 0.25) is 0 Å². The van der Waals surface area contributed by atoms with Crippen molar-refractivity contribution in [2.45, 2.75) is 32.6 Å². The predicted molar refractivity (Wildman–Crippen MR) is 86.0 cm³/mol. The predicted octanol–water partition coefficient (Wildman–Crippen LogP) is -1.93. The molecule has 2 aliphatic rings. The maximum absolute atomic E-state index is 9.31. The van der Waals surface area contributed by atoms with E-state index in [1.54, 1.807) is 12.1 Å². The second-order valence-corrected chi connectivity index (χ2v) is 10.3. The van der Waals surface area contributed by atoms with Gasteiger partial charge in [-0.25, -0.2) is 0 Å². The summed E-state index contributed by atoms with van der Waals surface area (Å²) in [6, 6.07) is 8.71. The van der Waals surface area contributed by atoms with Gasteiger partial charge < -0.3 is 24.8 Å². The molecule has 1 unspecified atom stereocenters. The van der Waals surface area contributed by atoms with E-state index in [1.165, 1.54) is 16.7 Å². The van der Waals surface area contributed by atoms with Crippen LogP contribution in [-0.4, -0.2) is 14.9 Å². The van der Waals surface area contributed by atoms with Gasteiger partial charge in [-0.3, -0.25) is 0 Å². The summed E-state index contributed by atoms with van der Waals surface area (Å²) in [6.07, 6.45) is 8.96. The van der Waals surface area contributed by atoms with E-state index in [1.807, 2.05) is 0 Å². The van der Waals surface area contributed by atoms with Crippen LogP contribution >= 0.6 is 0 Å². The summed E-state index contributed by atoms with van der Waals surface area (Å²) in [4.78, 5) is 0. The number of hydrogen-bond acceptors (Lipinski definition) is 1. The number of halogens is 2. The van der Waals surface area contributed by atoms with Crippen LogP contribution in [-0.2, 0) is 22.8 Å². The molecule has 0 bridgehead atoms. The normalized spacial score (nSPS) is 17.9. The van der Waals surface area contributed by atoms with E-state index in [0.717, 1.165) is 12.8 Å². The third kappa shape index (κ3) is 4.42. The minimum atomic E-state index is -0.555. The Kier molecular flexibility index (Phi) is 8.38. The minimum Gasteiger partial charge on any atom is -1.00 e. The SMILES string of the molecule is C[C](C)=[Zr+2][C]1=C(C2C=C(CCO)c3ccccc32)CC=C1.[Cl-].[Cl-]. The van der Waals surface area contributed by atoms with Gasteiger partial charge in [0.25, 0.3) is 0 Å². The summed E-state index contributed by atoms with van der Waals surface area (Å²) >= 11 is -0.555. The fourth-order valence-electron chi connectivity index (χ4n) is 3.27. The number of fused-ring (bicyclic) bond motifs is 1. The number of aliphatic hydroxyl groups is 1. The van der Waals surface area contributed by atoms with Crippen LogP contribution in [0.1, 0.15) is 43.7 Å². The van der Waals surface area contributed by atoms with Gasteiger partial charge in [-0.2, -0.15) is 0 Å². The van der Waals surface area contributed by atoms with E-state index in [0.29, 0.717) is 5.92 Å². The van der Waals surface area contributed by atoms with E-state index >= 15 is 0 Å². The number of hydrogen-bond donors (Lipinski definition) is 1. The second kappa shape index (κ2) is 9.28. The van der Waals surface area contributed by atoms with Gasteiger partial charge in [-0.05, 0) is 0 Å². The third-order valence-corrected chi connectivity index (χ3v) is 7.21. The molecule has 0 fully saturated rings. The maximum Gasteiger partial charge on any atom is -1.00 e. The monoisotopic (exact) mass is 425 g/mol. The number of aliphatic hydroxyl groups excluding tert-OH is 1. The van der Waals surface area contributed by atoms with Gasteiger partial charge in [0.1, 0.15) is 0 Å². The molecule has 0 spiro atoms. The summed E-state index contributed by atoms with van der Waals surface area (Å²) < 4.78 is 3.28. The molecular formula is C19H21Cl2OZr. The molecule has 0 aromatic heterocycles. The molecule has 0 aliphatic heterocycles. The van der Waals surface area contributed by atoms with Crippen molar-refractivity contribution in [2.24, 2.45) is 0 Å². The first-order chi connectivity index (χ1) is 10.2. The van der Waals surface area contributed by atoms with Crippen molar-refractivity contribution in [1.82, 2.24) is 0 Å². The average Bonchev–Trinajstić information content (AvgIpc) is 3.04. The molecule has 0 heterocycles. The molecule has 0 saturated carbocycles. The molecule has 23 heavy (non-hydrogen) atoms. The topological polar surface area (TPSA) is 20.2 Å². The Hall–Kier alpha value is -0.267. The van der Waals surface area contributed by atoms with E-state index in [9.17, 15) is 5.11 Å². The Morgan fingerprint density at radius 3 is 2.65 bits per heavy atom. The smallest absolute Gasteiger partial charge is 1.00 e. The van der Waals surface area contributed by atoms with Gasteiger partial charge in [0.05, 0.1) is 0 Å². The molecule has 1 atom stereocenters. The van der Waals surface area contributed by atoms with E-state index in [4.69, 9.17) is 0 Å². The summed E-state index contributed by atoms with van der Waals surface area (Å²) in [5.74, 6) is 0.438. The Morgan fingerprint density at radius 1 is 1.22 bits per heavy atom. The molecule has 3 rings (SSSR count). The largest absolute Gasteiger partial charge is 1.00 e. The van der Waals surface area contributed by atoms with Gasteiger partial charge in [-0.15, -0.1) is 0 Å². The fraction of sp³-hybridized carbons (Fsp3) is 0.316. The summed E-state index contributed by atoms with van der Waals surface area (Å²) in [6.45, 7) is 4.78. The first-order valence-corrected chi connectivity index (χ1v) is 10.0. The summed E-state index contributed by atoms with van der Waals surface area (Å²) in [5.41, 5.74) is 5.71. The Morgan fingerprint density at radius 2 is 1.96 bits per heavy atom. The van der Waals surface area contributed by atoms with Crippen LogP contribution in [0.3, 0.4) is 0 Å². The van der Waals surface area contributed by atoms with Gasteiger partial charge in [0.15, 0.2) is 0 Å². The zero-order chi connectivity index (χ0) is 14.8. The van der Waals surface area contributed by atoms with Crippen LogP contribution in [0.5, 0.6) is 0 Å². The van der Waals surface area contributed by atoms with E-state index in [2.05, 4.69) is 56.3 Å². The first-order valence-electron chi connectivity index (χ1n) is 7.58. The number of rotatable bonds is 4. The Labute approximate surface area is 162 Å². The van der Waals surface area contributed by atoms with Crippen LogP contribution in [0, 0.1) is 0 Å². The second-order valence-electron chi connectivity index (χ2n) is 5.90. The van der Waals surface area contributed by atoms with Crippen molar-refractivity contribution < 1.29 is 52.7 Å². The Bertz CT molecular complexity index is 682. The summed E-state index contributed by atoms with van der Waals surface area (Å²) in [7, 11) is 0. The molecule has 121 valence electrons. The molecule has 1 aromatic rings. The van der Waals surface area contributed by atoms with Crippen LogP contribution in [0.15, 0.2) is 51.3 Å². The molecule has 0 saturated heterocycles. The van der Waals surface area contributed by atoms with Crippen molar-refractivity contribution in [1.29, 1.82) is 0 Å². The van der Waals surface area contributed by atoms with Gasteiger partial charge in [0, 0.05) is 0 Å². The molecule has 0 radical (unpaired) electrons. The molecule has 1 nitrogen and oxygen atoms in total. The van der Waals surface area contributed by atoms with E-state index in [-0.39, 0.29) is 31.4 Å². The zero-order valence-electron chi connectivity index (χ0n) is 13.4. The zero-order valence-corrected chi connectivity index (χ0v) is 17.4. The third-order valence-electron chi connectivity index (χ3n) is 4.12. The van der Waals surface area contributed by atoms with Crippen molar-refractivity contribution in [3.05, 3.63) is 62.5 Å². The van der Waals surface area contributed by atoms with Crippen LogP contribution < -0.4 is 24.8 Å². The average molecular weight is 428 g/mol. The quantitative estimate of drug-likeness (QED) is 0.594. The van der Waals surface area contributed by atoms with Crippen LogP contribution in [0.25, 0.3) is 5.57 Å². The van der Waals surface area contributed by atoms with Gasteiger partial charge >= 0.3 is 138 Å². The van der Waals surface area contributed by atoms with Crippen LogP contribution in [0.4, 0.5) is 0 Å². The van der Waals surface area contributed by atoms with Crippen molar-refractivity contribution in [2.75, 3.05) is 6.61 Å². The minimum absolute atomic E-state index is 0. The van der Waals surface area contributed by atoms with E-state index < -0.39 is 22.8 Å². The maximum atomic E-state index is 9.31. The first kappa shape index (κ1) is 20.8. The molecule has 2 aliphatic carbocycles. The molecule has 1 aromatic carbocycles. The van der Waals surface area contributed by atoms with Crippen molar-refractivity contribution >= 4 is 8.78 Å². The van der Waals surface area contributed by atoms with Crippen LogP contribution in [0.2, 0.25) is 0 Å². The van der Waals surface area contributed by atoms with Crippen molar-refractivity contribution in [3.8, 4) is 0 Å². The number of allylic oxidation sites excluding steroid dienone is 5. The number of benzene rings is 1. The molecule has 0 amide bonds. The molecular weight excluding hydrogens is 406 g/mol. The molecule has 4 heteroatoms. The van der Waals surface area contributed by atoms with Crippen molar-refractivity contribution in [3.63, 3.8) is 0 Å². The molecule has 1 N–H and O–H groups in total. The fourth-order valence-corrected chi connectivity index (χ4v) is 6.12. The Balaban J connectivity index is 0.00000132.